The summed E-state index contributed by atoms with van der Waals surface area (Å²) in [5.41, 5.74) is 9.51. The van der Waals surface area contributed by atoms with Crippen molar-refractivity contribution in [3.05, 3.63) is 146 Å². The predicted octanol–water partition coefficient (Wildman–Crippen LogP) is 9.58. The van der Waals surface area contributed by atoms with Crippen LogP contribution in [0.4, 0.5) is 11.4 Å². The van der Waals surface area contributed by atoms with Crippen molar-refractivity contribution in [1.82, 2.24) is 0 Å². The smallest absolute Gasteiger partial charge is 0.0390 e. The maximum atomic E-state index is 3.57. The Morgan fingerprint density at radius 3 is 1.71 bits per heavy atom. The van der Waals surface area contributed by atoms with Crippen molar-refractivity contribution in [1.29, 1.82) is 0 Å². The molecule has 0 radical (unpaired) electrons. The highest BCUT2D eigenvalue weighted by Gasteiger charge is 2.05. The van der Waals surface area contributed by atoms with Crippen LogP contribution in [-0.2, 0) is 0 Å². The van der Waals surface area contributed by atoms with E-state index in [4.69, 9.17) is 0 Å². The Kier molecular flexibility index (Phi) is 5.58. The molecule has 0 aliphatic carbocycles. The van der Waals surface area contributed by atoms with Crippen LogP contribution in [0.15, 0.2) is 146 Å². The van der Waals surface area contributed by atoms with Gasteiger partial charge in [0, 0.05) is 11.4 Å². The maximum absolute atomic E-state index is 3.57. The lowest BCUT2D eigenvalue weighted by atomic mass is 9.98. The third-order valence-electron chi connectivity index (χ3n) is 6.46. The molecule has 35 heavy (non-hydrogen) atoms. The molecule has 1 heteroatoms. The highest BCUT2D eigenvalue weighted by Crippen LogP contribution is 2.31. The predicted molar refractivity (Wildman–Crippen MR) is 150 cm³/mol. The van der Waals surface area contributed by atoms with E-state index in [0.717, 1.165) is 11.4 Å². The van der Waals surface area contributed by atoms with Crippen LogP contribution in [0.2, 0.25) is 0 Å². The molecule has 0 unspecified atom stereocenters. The van der Waals surface area contributed by atoms with Crippen molar-refractivity contribution in [2.45, 2.75) is 0 Å². The summed E-state index contributed by atoms with van der Waals surface area (Å²) in [4.78, 5) is 0. The Labute approximate surface area is 206 Å². The van der Waals surface area contributed by atoms with Crippen molar-refractivity contribution in [3.63, 3.8) is 0 Å². The highest BCUT2D eigenvalue weighted by molar-refractivity contribution is 5.96. The molecule has 0 spiro atoms. The van der Waals surface area contributed by atoms with E-state index in [2.05, 4.69) is 145 Å². The van der Waals surface area contributed by atoms with Crippen molar-refractivity contribution in [2.24, 2.45) is 0 Å². The number of hydrogen-bond donors (Lipinski definition) is 1. The minimum atomic E-state index is 1.07. The first-order chi connectivity index (χ1) is 17.3. The van der Waals surface area contributed by atoms with Gasteiger partial charge in [0.05, 0.1) is 0 Å². The molecule has 6 aromatic carbocycles. The Morgan fingerprint density at radius 1 is 0.343 bits per heavy atom. The van der Waals surface area contributed by atoms with E-state index >= 15 is 0 Å². The van der Waals surface area contributed by atoms with Gasteiger partial charge in [-0.25, -0.2) is 0 Å². The van der Waals surface area contributed by atoms with Crippen LogP contribution >= 0.6 is 0 Å². The lowest BCUT2D eigenvalue weighted by Gasteiger charge is -2.11. The Hall–Kier alpha value is -4.62. The Bertz CT molecular complexity index is 1580. The van der Waals surface area contributed by atoms with Crippen molar-refractivity contribution >= 4 is 22.1 Å². The van der Waals surface area contributed by atoms with Gasteiger partial charge in [0.15, 0.2) is 0 Å². The van der Waals surface area contributed by atoms with Gasteiger partial charge in [0.2, 0.25) is 0 Å². The third-order valence-corrected chi connectivity index (χ3v) is 6.46. The van der Waals surface area contributed by atoms with Crippen LogP contribution < -0.4 is 5.32 Å². The minimum Gasteiger partial charge on any atom is -0.356 e. The first-order valence-electron chi connectivity index (χ1n) is 11.9. The van der Waals surface area contributed by atoms with Crippen molar-refractivity contribution in [2.75, 3.05) is 5.32 Å². The number of nitrogens with one attached hydrogen (secondary N) is 1. The van der Waals surface area contributed by atoms with E-state index < -0.39 is 0 Å². The van der Waals surface area contributed by atoms with Gasteiger partial charge in [-0.05, 0) is 68.4 Å². The van der Waals surface area contributed by atoms with E-state index in [9.17, 15) is 0 Å². The molecule has 6 aromatic rings. The highest BCUT2D eigenvalue weighted by atomic mass is 14.9. The van der Waals surface area contributed by atoms with Crippen LogP contribution in [0, 0.1) is 0 Å². The fourth-order valence-corrected chi connectivity index (χ4v) is 4.64. The summed E-state index contributed by atoms with van der Waals surface area (Å²) in [7, 11) is 0. The monoisotopic (exact) mass is 447 g/mol. The average molecular weight is 448 g/mol. The van der Waals surface area contributed by atoms with Gasteiger partial charge in [-0.15, -0.1) is 0 Å². The van der Waals surface area contributed by atoms with Crippen LogP contribution in [-0.4, -0.2) is 0 Å². The summed E-state index contributed by atoms with van der Waals surface area (Å²) in [5, 5.41) is 6.11. The summed E-state index contributed by atoms with van der Waals surface area (Å²) in [5.74, 6) is 0. The Morgan fingerprint density at radius 2 is 0.914 bits per heavy atom. The van der Waals surface area contributed by atoms with E-state index in [1.54, 1.807) is 0 Å². The molecule has 0 heterocycles. The standard InChI is InChI=1S/C34H25N/c1-2-8-25(9-3-1)26-16-18-27(19-17-26)30-12-6-13-32(24-30)35-31-22-20-29(21-23-31)34-15-7-11-28-10-4-5-14-33(28)34/h1-24,35H. The normalized spacial score (nSPS) is 10.9. The second-order valence-corrected chi connectivity index (χ2v) is 8.75. The molecule has 0 aliphatic rings. The quantitative estimate of drug-likeness (QED) is 0.277. The minimum absolute atomic E-state index is 1.07. The largest absolute Gasteiger partial charge is 0.356 e. The first kappa shape index (κ1) is 20.9. The van der Waals surface area contributed by atoms with Gasteiger partial charge in [0.25, 0.3) is 0 Å². The number of anilines is 2. The molecule has 0 bridgehead atoms. The second-order valence-electron chi connectivity index (χ2n) is 8.75. The topological polar surface area (TPSA) is 12.0 Å². The van der Waals surface area contributed by atoms with Crippen LogP contribution in [0.3, 0.4) is 0 Å². The number of benzene rings is 6. The van der Waals surface area contributed by atoms with Gasteiger partial charge in [0.1, 0.15) is 0 Å². The number of rotatable bonds is 5. The first-order valence-corrected chi connectivity index (χ1v) is 11.9. The van der Waals surface area contributed by atoms with Gasteiger partial charge < -0.3 is 5.32 Å². The van der Waals surface area contributed by atoms with E-state index in [1.165, 1.54) is 44.2 Å². The van der Waals surface area contributed by atoms with E-state index in [-0.39, 0.29) is 0 Å². The van der Waals surface area contributed by atoms with Gasteiger partial charge in [-0.1, -0.05) is 121 Å². The van der Waals surface area contributed by atoms with Gasteiger partial charge in [-0.3, -0.25) is 0 Å². The zero-order valence-corrected chi connectivity index (χ0v) is 19.4. The molecule has 166 valence electrons. The summed E-state index contributed by atoms with van der Waals surface area (Å²) >= 11 is 0. The SMILES string of the molecule is c1ccc(-c2ccc(-c3cccc(Nc4ccc(-c5cccc6ccccc56)cc4)c3)cc2)cc1. The lowest BCUT2D eigenvalue weighted by Crippen LogP contribution is -1.91. The average Bonchev–Trinajstić information content (AvgIpc) is 2.94. The third kappa shape index (κ3) is 4.45. The summed E-state index contributed by atoms with van der Waals surface area (Å²) in [6.07, 6.45) is 0. The zero-order valence-electron chi connectivity index (χ0n) is 19.4. The molecule has 0 aliphatic heterocycles. The van der Waals surface area contributed by atoms with E-state index in [0.29, 0.717) is 0 Å². The van der Waals surface area contributed by atoms with Crippen LogP contribution in [0.25, 0.3) is 44.2 Å². The van der Waals surface area contributed by atoms with Crippen LogP contribution in [0.1, 0.15) is 0 Å². The van der Waals surface area contributed by atoms with Gasteiger partial charge >= 0.3 is 0 Å². The maximum Gasteiger partial charge on any atom is 0.0390 e. The summed E-state index contributed by atoms with van der Waals surface area (Å²) < 4.78 is 0. The van der Waals surface area contributed by atoms with E-state index in [1.807, 2.05) is 6.07 Å². The summed E-state index contributed by atoms with van der Waals surface area (Å²) in [6, 6.07) is 51.5. The number of fused-ring (bicyclic) bond motifs is 1. The fourth-order valence-electron chi connectivity index (χ4n) is 4.64. The molecule has 0 saturated heterocycles. The summed E-state index contributed by atoms with van der Waals surface area (Å²) in [6.45, 7) is 0. The second kappa shape index (κ2) is 9.32. The van der Waals surface area contributed by atoms with Crippen molar-refractivity contribution in [3.8, 4) is 33.4 Å². The Balaban J connectivity index is 1.22. The zero-order chi connectivity index (χ0) is 23.5. The van der Waals surface area contributed by atoms with Crippen LogP contribution in [0.5, 0.6) is 0 Å². The molecular weight excluding hydrogens is 422 g/mol. The van der Waals surface area contributed by atoms with Crippen molar-refractivity contribution < 1.29 is 0 Å². The molecule has 6 rings (SSSR count). The molecule has 0 fully saturated rings. The lowest BCUT2D eigenvalue weighted by molar-refractivity contribution is 1.53. The van der Waals surface area contributed by atoms with Gasteiger partial charge in [-0.2, -0.15) is 0 Å². The number of hydrogen-bond acceptors (Lipinski definition) is 1. The molecule has 0 aromatic heterocycles. The molecule has 0 amide bonds. The molecular formula is C34H25N. The molecule has 0 atom stereocenters. The molecule has 1 N–H and O–H groups in total. The molecule has 1 nitrogen and oxygen atoms in total. The molecule has 0 saturated carbocycles. The fraction of sp³-hybridized carbons (Fsp3) is 0.